The second-order valence-corrected chi connectivity index (χ2v) is 9.62. The van der Waals surface area contributed by atoms with Crippen molar-refractivity contribution in [1.29, 1.82) is 0 Å². The van der Waals surface area contributed by atoms with Crippen molar-refractivity contribution in [2.24, 2.45) is 5.41 Å². The molecule has 0 aromatic carbocycles. The number of nitrogens with zero attached hydrogens (tertiary/aromatic N) is 7. The van der Waals surface area contributed by atoms with E-state index < -0.39 is 11.4 Å². The number of rotatable bonds is 5. The number of anilines is 1. The summed E-state index contributed by atoms with van der Waals surface area (Å²) in [5.41, 5.74) is 2.05. The summed E-state index contributed by atoms with van der Waals surface area (Å²) >= 11 is 0. The van der Waals surface area contributed by atoms with Crippen LogP contribution in [-0.2, 0) is 10.2 Å². The molecule has 3 aromatic rings. The van der Waals surface area contributed by atoms with Crippen molar-refractivity contribution in [3.63, 3.8) is 0 Å². The molecule has 3 aliphatic carbocycles. The Morgan fingerprint density at radius 2 is 1.88 bits per heavy atom. The van der Waals surface area contributed by atoms with Crippen LogP contribution in [0.15, 0.2) is 12.4 Å². The van der Waals surface area contributed by atoms with Crippen LogP contribution in [0.3, 0.4) is 0 Å². The molecule has 4 fully saturated rings. The Morgan fingerprint density at radius 3 is 2.56 bits per heavy atom. The molecule has 0 spiro atoms. The van der Waals surface area contributed by atoms with Gasteiger partial charge in [-0.2, -0.15) is 9.50 Å². The fourth-order valence-electron chi connectivity index (χ4n) is 5.67. The quantitative estimate of drug-likeness (QED) is 0.642. The molecule has 1 aliphatic heterocycles. The third kappa shape index (κ3) is 2.64. The van der Waals surface area contributed by atoms with E-state index in [-0.39, 0.29) is 11.5 Å². The van der Waals surface area contributed by atoms with Crippen LogP contribution < -0.4 is 9.64 Å². The van der Waals surface area contributed by atoms with Crippen LogP contribution in [0.4, 0.5) is 5.69 Å². The average molecular weight is 435 g/mol. The number of carbonyl (C=O) groups is 1. The Balaban J connectivity index is 1.14. The van der Waals surface area contributed by atoms with Crippen molar-refractivity contribution < 1.29 is 14.6 Å². The van der Waals surface area contributed by atoms with Gasteiger partial charge in [-0.1, -0.05) is 0 Å². The van der Waals surface area contributed by atoms with Gasteiger partial charge in [-0.3, -0.25) is 4.79 Å². The van der Waals surface area contributed by atoms with Crippen LogP contribution in [0.25, 0.3) is 5.78 Å². The number of ether oxygens (including phenoxy) is 1. The highest BCUT2D eigenvalue weighted by molar-refractivity contribution is 5.80. The average Bonchev–Trinajstić information content (AvgIpc) is 3.29. The predicted octanol–water partition coefficient (Wildman–Crippen LogP) is 2.00. The number of carboxylic acid groups (broad SMARTS) is 1. The lowest BCUT2D eigenvalue weighted by Crippen LogP contribution is -2.68. The zero-order valence-electron chi connectivity index (χ0n) is 18.4. The number of aromatic nitrogens is 6. The van der Waals surface area contributed by atoms with Crippen LogP contribution >= 0.6 is 0 Å². The molecule has 1 atom stereocenters. The first-order valence-electron chi connectivity index (χ1n) is 11.0. The van der Waals surface area contributed by atoms with E-state index in [2.05, 4.69) is 29.9 Å². The number of hydrogen-bond acceptors (Lipinski definition) is 8. The van der Waals surface area contributed by atoms with Crippen LogP contribution in [0.2, 0.25) is 0 Å². The highest BCUT2D eigenvalue weighted by Gasteiger charge is 2.73. The Kier molecular flexibility index (Phi) is 3.86. The molecule has 3 saturated carbocycles. The fraction of sp³-hybridized carbons (Fsp3) is 0.545. The number of carboxylic acids is 1. The fourth-order valence-corrected chi connectivity index (χ4v) is 5.67. The normalized spacial score (nSPS) is 28.5. The second kappa shape index (κ2) is 6.36. The van der Waals surface area contributed by atoms with Gasteiger partial charge in [0.15, 0.2) is 5.75 Å². The molecular weight excluding hydrogens is 410 g/mol. The van der Waals surface area contributed by atoms with Crippen molar-refractivity contribution >= 4 is 17.4 Å². The summed E-state index contributed by atoms with van der Waals surface area (Å²) in [6, 6.07) is 0. The van der Waals surface area contributed by atoms with Crippen LogP contribution in [0, 0.1) is 26.2 Å². The SMILES string of the molecule is Cc1nc2nc(C)c(O[C@@H]3CCN(c4cnc(C56CC(C(=O)O)(C5)C6)nc4)C3)c(C)n2n1. The number of aryl methyl sites for hydroxylation is 3. The highest BCUT2D eigenvalue weighted by atomic mass is 16.5. The first-order chi connectivity index (χ1) is 15.3. The first kappa shape index (κ1) is 19.4. The van der Waals surface area contributed by atoms with E-state index in [1.54, 1.807) is 4.52 Å². The van der Waals surface area contributed by atoms with Gasteiger partial charge in [-0.05, 0) is 40.0 Å². The van der Waals surface area contributed by atoms with Gasteiger partial charge in [0.1, 0.15) is 17.8 Å². The molecule has 1 N–H and O–H groups in total. The minimum Gasteiger partial charge on any atom is -0.485 e. The Hall–Kier alpha value is -3.30. The van der Waals surface area contributed by atoms with Crippen LogP contribution in [-0.4, -0.2) is 59.8 Å². The van der Waals surface area contributed by atoms with Crippen LogP contribution in [0.5, 0.6) is 5.75 Å². The van der Waals surface area contributed by atoms with Gasteiger partial charge in [0.05, 0.1) is 41.4 Å². The summed E-state index contributed by atoms with van der Waals surface area (Å²) in [6.07, 6.45) is 6.63. The molecule has 10 nitrogen and oxygen atoms in total. The van der Waals surface area contributed by atoms with Gasteiger partial charge < -0.3 is 14.7 Å². The van der Waals surface area contributed by atoms with Crippen molar-refractivity contribution in [2.75, 3.05) is 18.0 Å². The number of hydrogen-bond donors (Lipinski definition) is 1. The van der Waals surface area contributed by atoms with Gasteiger partial charge >= 0.3 is 5.97 Å². The van der Waals surface area contributed by atoms with Crippen molar-refractivity contribution in [3.05, 3.63) is 35.4 Å². The molecule has 2 bridgehead atoms. The van der Waals surface area contributed by atoms with E-state index in [1.165, 1.54) is 0 Å². The Labute approximate surface area is 184 Å². The zero-order chi connectivity index (χ0) is 22.3. The van der Waals surface area contributed by atoms with Gasteiger partial charge in [-0.15, -0.1) is 5.10 Å². The Bertz CT molecular complexity index is 1230. The minimum absolute atomic E-state index is 0.0315. The van der Waals surface area contributed by atoms with Crippen molar-refractivity contribution in [2.45, 2.75) is 58.0 Å². The van der Waals surface area contributed by atoms with E-state index in [4.69, 9.17) is 4.74 Å². The molecule has 0 radical (unpaired) electrons. The van der Waals surface area contributed by atoms with Gasteiger partial charge in [0.2, 0.25) is 0 Å². The monoisotopic (exact) mass is 435 g/mol. The standard InChI is InChI=1S/C22H25N7O3/c1-12-17(13(2)29-20(25-12)26-14(3)27-29)32-16-4-5-28(8-16)15-6-23-18(24-7-15)21-9-22(10-21,11-21)19(30)31/h6-7,16H,4-5,8-11H2,1-3H3,(H,30,31)/t16-,21?,22?/m1/s1. The van der Waals surface area contributed by atoms with Gasteiger partial charge in [0, 0.05) is 18.4 Å². The van der Waals surface area contributed by atoms with E-state index in [9.17, 15) is 9.90 Å². The zero-order valence-corrected chi connectivity index (χ0v) is 18.4. The van der Waals surface area contributed by atoms with Gasteiger partial charge in [0.25, 0.3) is 5.78 Å². The molecule has 1 saturated heterocycles. The van der Waals surface area contributed by atoms with Crippen molar-refractivity contribution in [3.8, 4) is 5.75 Å². The highest BCUT2D eigenvalue weighted by Crippen LogP contribution is 2.73. The summed E-state index contributed by atoms with van der Waals surface area (Å²) in [6.45, 7) is 7.36. The molecule has 10 heteroatoms. The first-order valence-corrected chi connectivity index (χ1v) is 11.0. The smallest absolute Gasteiger partial charge is 0.309 e. The second-order valence-electron chi connectivity index (χ2n) is 9.62. The lowest BCUT2D eigenvalue weighted by molar-refractivity contribution is -0.196. The maximum absolute atomic E-state index is 11.3. The molecule has 4 aliphatic rings. The summed E-state index contributed by atoms with van der Waals surface area (Å²) in [5, 5.41) is 13.7. The van der Waals surface area contributed by atoms with E-state index in [0.29, 0.717) is 30.9 Å². The van der Waals surface area contributed by atoms with E-state index >= 15 is 0 Å². The molecule has 4 heterocycles. The summed E-state index contributed by atoms with van der Waals surface area (Å²) in [5.74, 6) is 2.14. The van der Waals surface area contributed by atoms with Crippen molar-refractivity contribution in [1.82, 2.24) is 29.5 Å². The molecular formula is C22H25N7O3. The molecule has 0 amide bonds. The molecule has 32 heavy (non-hydrogen) atoms. The third-order valence-corrected chi connectivity index (χ3v) is 7.33. The number of aliphatic carboxylic acids is 1. The number of fused-ring (bicyclic) bond motifs is 1. The molecule has 0 unspecified atom stereocenters. The molecule has 3 aromatic heterocycles. The summed E-state index contributed by atoms with van der Waals surface area (Å²) < 4.78 is 8.09. The summed E-state index contributed by atoms with van der Waals surface area (Å²) in [4.78, 5) is 31.7. The lowest BCUT2D eigenvalue weighted by atomic mass is 9.35. The Morgan fingerprint density at radius 1 is 1.16 bits per heavy atom. The maximum atomic E-state index is 11.3. The molecule has 166 valence electrons. The summed E-state index contributed by atoms with van der Waals surface area (Å²) in [7, 11) is 0. The van der Waals surface area contributed by atoms with E-state index in [0.717, 1.165) is 48.2 Å². The maximum Gasteiger partial charge on any atom is 0.309 e. The largest absolute Gasteiger partial charge is 0.485 e. The minimum atomic E-state index is -0.683. The predicted molar refractivity (Wildman–Crippen MR) is 114 cm³/mol. The van der Waals surface area contributed by atoms with E-state index in [1.807, 2.05) is 33.2 Å². The third-order valence-electron chi connectivity index (χ3n) is 7.33. The topological polar surface area (TPSA) is 119 Å². The molecule has 7 rings (SSSR count). The van der Waals surface area contributed by atoms with Crippen LogP contribution in [0.1, 0.15) is 48.7 Å². The lowest BCUT2D eigenvalue weighted by Gasteiger charge is -2.66. The van der Waals surface area contributed by atoms with Gasteiger partial charge in [-0.25, -0.2) is 15.0 Å².